The van der Waals surface area contributed by atoms with Crippen LogP contribution in [0.25, 0.3) is 0 Å². The Labute approximate surface area is 187 Å². The summed E-state index contributed by atoms with van der Waals surface area (Å²) in [6, 6.07) is 14.2. The Morgan fingerprint density at radius 3 is 2.67 bits per heavy atom. The number of halogens is 2. The standard InChI is InChI=1S/C26H22Cl2N2/c1-2-18(14-21(27)16-29)26(20-11-12-25(30)24(28)15-20)19-8-4-3-7-17(13-19)22-9-5-6-10-23(22)26/h2-17H,1,29-30H2/b18-14+,21-16-. The van der Waals surface area contributed by atoms with Crippen LogP contribution in [0, 0.1) is 0 Å². The van der Waals surface area contributed by atoms with Gasteiger partial charge in [-0.1, -0.05) is 96.6 Å². The monoisotopic (exact) mass is 432 g/mol. The van der Waals surface area contributed by atoms with Gasteiger partial charge >= 0.3 is 0 Å². The fourth-order valence-corrected chi connectivity index (χ4v) is 4.76. The van der Waals surface area contributed by atoms with Crippen LogP contribution in [-0.2, 0) is 5.41 Å². The molecule has 0 radical (unpaired) electrons. The maximum absolute atomic E-state index is 6.49. The number of fused-ring (bicyclic) bond motifs is 3. The minimum absolute atomic E-state index is 0.176. The third kappa shape index (κ3) is 3.13. The molecule has 0 saturated carbocycles. The first-order valence-electron chi connectivity index (χ1n) is 9.66. The highest BCUT2D eigenvalue weighted by molar-refractivity contribution is 6.33. The number of hydrogen-bond acceptors (Lipinski definition) is 2. The molecule has 2 unspecified atom stereocenters. The number of nitrogens with two attached hydrogens (primary N) is 2. The molecular formula is C26H22Cl2N2. The predicted octanol–water partition coefficient (Wildman–Crippen LogP) is 6.51. The first kappa shape index (κ1) is 20.3. The number of hydrogen-bond donors (Lipinski definition) is 2. The van der Waals surface area contributed by atoms with E-state index in [1.54, 1.807) is 0 Å². The van der Waals surface area contributed by atoms with Gasteiger partial charge in [0, 0.05) is 12.1 Å². The predicted molar refractivity (Wildman–Crippen MR) is 129 cm³/mol. The Bertz CT molecular complexity index is 1170. The molecule has 2 atom stereocenters. The fraction of sp³-hybridized carbons (Fsp3) is 0.0769. The molecule has 2 nitrogen and oxygen atoms in total. The SMILES string of the molecule is C=C/C(=C\C(Cl)=C\N)C1(c2ccc(N)c(Cl)c2)C2=CC(C=CC=C2)c2ccccc21. The number of benzene rings is 2. The lowest BCUT2D eigenvalue weighted by molar-refractivity contribution is 0.701. The van der Waals surface area contributed by atoms with Gasteiger partial charge < -0.3 is 11.5 Å². The molecule has 0 fully saturated rings. The van der Waals surface area contributed by atoms with Gasteiger partial charge in [-0.25, -0.2) is 0 Å². The van der Waals surface area contributed by atoms with Crippen molar-refractivity contribution < 1.29 is 0 Å². The Balaban J connectivity index is 2.17. The van der Waals surface area contributed by atoms with Crippen molar-refractivity contribution in [1.82, 2.24) is 0 Å². The summed E-state index contributed by atoms with van der Waals surface area (Å²) in [5.74, 6) is 0.176. The highest BCUT2D eigenvalue weighted by atomic mass is 35.5. The van der Waals surface area contributed by atoms with Gasteiger partial charge in [-0.3, -0.25) is 0 Å². The first-order chi connectivity index (χ1) is 14.5. The molecule has 0 saturated heterocycles. The van der Waals surface area contributed by atoms with Gasteiger partial charge in [0.15, 0.2) is 0 Å². The summed E-state index contributed by atoms with van der Waals surface area (Å²) in [5.41, 5.74) is 17.0. The molecule has 2 aliphatic carbocycles. The fourth-order valence-electron chi connectivity index (χ4n) is 4.46. The molecule has 2 bridgehead atoms. The zero-order valence-electron chi connectivity index (χ0n) is 16.4. The van der Waals surface area contributed by atoms with Crippen molar-refractivity contribution in [3.8, 4) is 0 Å². The second-order valence-electron chi connectivity index (χ2n) is 7.32. The topological polar surface area (TPSA) is 52.0 Å². The van der Waals surface area contributed by atoms with Crippen LogP contribution in [0.5, 0.6) is 0 Å². The van der Waals surface area contributed by atoms with Crippen molar-refractivity contribution in [2.24, 2.45) is 5.73 Å². The minimum Gasteiger partial charge on any atom is -0.403 e. The normalized spacial score (nSPS) is 22.9. The van der Waals surface area contributed by atoms with E-state index in [1.165, 1.54) is 11.8 Å². The molecule has 4 heteroatoms. The zero-order chi connectivity index (χ0) is 21.3. The maximum Gasteiger partial charge on any atom is 0.0702 e. The molecule has 2 aliphatic rings. The summed E-state index contributed by atoms with van der Waals surface area (Å²) in [7, 11) is 0. The van der Waals surface area contributed by atoms with Crippen LogP contribution in [0.15, 0.2) is 114 Å². The third-order valence-electron chi connectivity index (χ3n) is 5.76. The van der Waals surface area contributed by atoms with Crippen molar-refractivity contribution in [2.45, 2.75) is 11.3 Å². The molecule has 30 heavy (non-hydrogen) atoms. The molecule has 150 valence electrons. The summed E-state index contributed by atoms with van der Waals surface area (Å²) < 4.78 is 0. The van der Waals surface area contributed by atoms with Crippen LogP contribution in [0.4, 0.5) is 5.69 Å². The second-order valence-corrected chi connectivity index (χ2v) is 8.16. The van der Waals surface area contributed by atoms with E-state index in [2.05, 4.69) is 61.2 Å². The van der Waals surface area contributed by atoms with Gasteiger partial charge in [0.1, 0.15) is 0 Å². The van der Waals surface area contributed by atoms with E-state index in [9.17, 15) is 0 Å². The molecule has 0 heterocycles. The number of rotatable bonds is 4. The highest BCUT2D eigenvalue weighted by Crippen LogP contribution is 2.54. The van der Waals surface area contributed by atoms with Crippen LogP contribution in [-0.4, -0.2) is 0 Å². The minimum atomic E-state index is -0.669. The van der Waals surface area contributed by atoms with Crippen molar-refractivity contribution in [1.29, 1.82) is 0 Å². The Morgan fingerprint density at radius 1 is 1.13 bits per heavy atom. The molecule has 0 amide bonds. The van der Waals surface area contributed by atoms with Gasteiger partial charge in [-0.15, -0.1) is 0 Å². The lowest BCUT2D eigenvalue weighted by Crippen LogP contribution is -2.35. The van der Waals surface area contributed by atoms with Gasteiger partial charge in [0.05, 0.1) is 21.2 Å². The third-order valence-corrected chi connectivity index (χ3v) is 6.32. The molecule has 0 spiro atoms. The smallest absolute Gasteiger partial charge is 0.0702 e. The summed E-state index contributed by atoms with van der Waals surface area (Å²) in [6.07, 6.45) is 15.8. The van der Waals surface area contributed by atoms with Gasteiger partial charge in [-0.05, 0) is 46.0 Å². The van der Waals surface area contributed by atoms with E-state index in [4.69, 9.17) is 34.7 Å². The van der Waals surface area contributed by atoms with Crippen LogP contribution in [0.2, 0.25) is 5.02 Å². The Kier molecular flexibility index (Phi) is 5.46. The van der Waals surface area contributed by atoms with Crippen LogP contribution in [0.3, 0.4) is 0 Å². The van der Waals surface area contributed by atoms with E-state index in [1.807, 2.05) is 30.4 Å². The van der Waals surface area contributed by atoms with Gasteiger partial charge in [0.25, 0.3) is 0 Å². The van der Waals surface area contributed by atoms with E-state index in [0.29, 0.717) is 15.7 Å². The molecular weight excluding hydrogens is 411 g/mol. The van der Waals surface area contributed by atoms with E-state index in [0.717, 1.165) is 22.3 Å². The zero-order valence-corrected chi connectivity index (χ0v) is 17.9. The van der Waals surface area contributed by atoms with Crippen LogP contribution in [0.1, 0.15) is 22.6 Å². The Morgan fingerprint density at radius 2 is 1.93 bits per heavy atom. The molecule has 2 aromatic rings. The van der Waals surface area contributed by atoms with Gasteiger partial charge in [0.2, 0.25) is 0 Å². The summed E-state index contributed by atoms with van der Waals surface area (Å²) >= 11 is 12.9. The molecule has 4 rings (SSSR count). The highest BCUT2D eigenvalue weighted by Gasteiger charge is 2.45. The quantitative estimate of drug-likeness (QED) is 0.427. The molecule has 0 aromatic heterocycles. The van der Waals surface area contributed by atoms with Gasteiger partial charge in [-0.2, -0.15) is 0 Å². The lowest BCUT2D eigenvalue weighted by Gasteiger charge is -2.43. The van der Waals surface area contributed by atoms with Crippen LogP contribution >= 0.6 is 23.2 Å². The number of allylic oxidation sites excluding steroid dienone is 10. The van der Waals surface area contributed by atoms with E-state index >= 15 is 0 Å². The average molecular weight is 433 g/mol. The van der Waals surface area contributed by atoms with Crippen molar-refractivity contribution in [3.63, 3.8) is 0 Å². The van der Waals surface area contributed by atoms with Crippen LogP contribution < -0.4 is 11.5 Å². The van der Waals surface area contributed by atoms with Crippen molar-refractivity contribution in [2.75, 3.05) is 5.73 Å². The van der Waals surface area contributed by atoms with E-state index < -0.39 is 5.41 Å². The van der Waals surface area contributed by atoms with Crippen molar-refractivity contribution >= 4 is 28.9 Å². The summed E-state index contributed by atoms with van der Waals surface area (Å²) in [4.78, 5) is 0. The molecule has 0 aliphatic heterocycles. The summed E-state index contributed by atoms with van der Waals surface area (Å²) in [6.45, 7) is 4.12. The first-order valence-corrected chi connectivity index (χ1v) is 10.4. The number of nitrogen functional groups attached to an aromatic ring is 1. The largest absolute Gasteiger partial charge is 0.403 e. The second kappa shape index (κ2) is 8.06. The van der Waals surface area contributed by atoms with E-state index in [-0.39, 0.29) is 5.92 Å². The molecule has 2 aromatic carbocycles. The molecule has 4 N–H and O–H groups in total. The average Bonchev–Trinajstić information content (AvgIpc) is 2.99. The Hall–Kier alpha value is -2.94. The lowest BCUT2D eigenvalue weighted by atomic mass is 9.59. The maximum atomic E-state index is 6.49. The van der Waals surface area contributed by atoms with Crippen molar-refractivity contribution in [3.05, 3.63) is 136 Å². The number of anilines is 1. The summed E-state index contributed by atoms with van der Waals surface area (Å²) in [5, 5.41) is 0.938.